The van der Waals surface area contributed by atoms with E-state index in [-0.39, 0.29) is 43.8 Å². The predicted octanol–water partition coefficient (Wildman–Crippen LogP) is 2.71. The summed E-state index contributed by atoms with van der Waals surface area (Å²) < 4.78 is 25.3. The largest absolute Gasteiger partial charge is 0.496 e. The van der Waals surface area contributed by atoms with E-state index in [1.54, 1.807) is 42.5 Å². The number of hydrogen-bond acceptors (Lipinski definition) is 9. The van der Waals surface area contributed by atoms with Gasteiger partial charge in [-0.25, -0.2) is 9.97 Å². The van der Waals surface area contributed by atoms with Crippen LogP contribution in [0.4, 0.5) is 0 Å². The van der Waals surface area contributed by atoms with Crippen LogP contribution in [0.2, 0.25) is 0 Å². The van der Waals surface area contributed by atoms with E-state index in [0.29, 0.717) is 59.1 Å². The van der Waals surface area contributed by atoms with E-state index in [1.165, 1.54) is 7.11 Å². The SMILES string of the molecule is COc1cc2ccc1CNC(=O)CCc1ccc(OC)c(c1)OCC(=O)N[C@@H]1CN(C(=O)c3ccnc4c3nc(C)n4C)CC[C@@H]1O2. The fourth-order valence-electron chi connectivity index (χ4n) is 5.97. The fraction of sp³-hybridized carbons (Fsp3) is 0.382. The number of amides is 3. The molecule has 3 aliphatic rings. The molecule has 0 radical (unpaired) electrons. The van der Waals surface area contributed by atoms with E-state index in [9.17, 15) is 14.4 Å². The molecule has 0 unspecified atom stereocenters. The van der Waals surface area contributed by atoms with Crippen molar-refractivity contribution >= 4 is 28.9 Å². The van der Waals surface area contributed by atoms with E-state index in [1.807, 2.05) is 36.7 Å². The first-order valence-corrected chi connectivity index (χ1v) is 15.5. The van der Waals surface area contributed by atoms with E-state index in [2.05, 4.69) is 20.6 Å². The summed E-state index contributed by atoms with van der Waals surface area (Å²) in [6, 6.07) is 11.9. The lowest BCUT2D eigenvalue weighted by molar-refractivity contribution is -0.125. The van der Waals surface area contributed by atoms with E-state index in [4.69, 9.17) is 18.9 Å². The molecule has 246 valence electrons. The normalized spacial score (nSPS) is 18.9. The third kappa shape index (κ3) is 6.79. The van der Waals surface area contributed by atoms with Gasteiger partial charge < -0.3 is 39.0 Å². The fourth-order valence-corrected chi connectivity index (χ4v) is 5.97. The van der Waals surface area contributed by atoms with Gasteiger partial charge in [0.1, 0.15) is 28.9 Å². The maximum absolute atomic E-state index is 13.9. The van der Waals surface area contributed by atoms with E-state index < -0.39 is 12.1 Å². The molecular weight excluding hydrogens is 604 g/mol. The van der Waals surface area contributed by atoms with Crippen LogP contribution in [0.3, 0.4) is 0 Å². The van der Waals surface area contributed by atoms with E-state index in [0.717, 1.165) is 17.0 Å². The Balaban J connectivity index is 1.29. The number of fused-ring (bicyclic) bond motifs is 10. The van der Waals surface area contributed by atoms with E-state index >= 15 is 0 Å². The highest BCUT2D eigenvalue weighted by Gasteiger charge is 2.35. The molecule has 2 aromatic carbocycles. The summed E-state index contributed by atoms with van der Waals surface area (Å²) in [6.07, 6.45) is 2.32. The molecule has 0 spiro atoms. The summed E-state index contributed by atoms with van der Waals surface area (Å²) in [6.45, 7) is 2.45. The molecule has 13 heteroatoms. The first-order valence-electron chi connectivity index (χ1n) is 15.5. The van der Waals surface area contributed by atoms with Gasteiger partial charge in [0.15, 0.2) is 23.8 Å². The molecule has 13 nitrogen and oxygen atoms in total. The zero-order valence-electron chi connectivity index (χ0n) is 26.9. The van der Waals surface area contributed by atoms with Crippen LogP contribution in [0.5, 0.6) is 23.0 Å². The Morgan fingerprint density at radius 1 is 1.02 bits per heavy atom. The summed E-state index contributed by atoms with van der Waals surface area (Å²) in [4.78, 5) is 50.6. The Morgan fingerprint density at radius 3 is 2.66 bits per heavy atom. The maximum Gasteiger partial charge on any atom is 0.258 e. The molecule has 2 atom stereocenters. The zero-order chi connectivity index (χ0) is 33.1. The number of nitrogens with one attached hydrogen (secondary N) is 2. The Kier molecular flexibility index (Phi) is 9.14. The number of aromatic nitrogens is 3. The molecule has 0 aliphatic carbocycles. The molecule has 3 amide bonds. The number of imidazole rings is 1. The first-order chi connectivity index (χ1) is 22.7. The summed E-state index contributed by atoms with van der Waals surface area (Å²) >= 11 is 0. The Labute approximate surface area is 272 Å². The second-order valence-electron chi connectivity index (χ2n) is 11.6. The smallest absolute Gasteiger partial charge is 0.258 e. The molecule has 47 heavy (non-hydrogen) atoms. The minimum atomic E-state index is -0.563. The number of carbonyl (C=O) groups excluding carboxylic acids is 3. The van der Waals surface area contributed by atoms with Crippen LogP contribution in [0.25, 0.3) is 11.2 Å². The number of carbonyl (C=O) groups is 3. The number of hydrogen-bond donors (Lipinski definition) is 2. The average Bonchev–Trinajstić information content (AvgIpc) is 3.38. The highest BCUT2D eigenvalue weighted by molar-refractivity contribution is 6.04. The molecule has 4 aromatic rings. The number of likely N-dealkylation sites (tertiary alicyclic amines) is 1. The minimum Gasteiger partial charge on any atom is -0.496 e. The quantitative estimate of drug-likeness (QED) is 0.345. The minimum absolute atomic E-state index is 0.113. The van der Waals surface area contributed by atoms with Crippen molar-refractivity contribution in [3.8, 4) is 23.0 Å². The Hall–Kier alpha value is -5.33. The Morgan fingerprint density at radius 2 is 1.85 bits per heavy atom. The molecule has 1 saturated heterocycles. The van der Waals surface area contributed by atoms with Crippen molar-refractivity contribution in [3.05, 3.63) is 71.2 Å². The summed E-state index contributed by atoms with van der Waals surface area (Å²) in [5.41, 5.74) is 3.27. The van der Waals surface area contributed by atoms with Gasteiger partial charge in [0.25, 0.3) is 11.8 Å². The third-order valence-corrected chi connectivity index (χ3v) is 8.64. The topological polar surface area (TPSA) is 146 Å². The van der Waals surface area contributed by atoms with Crippen molar-refractivity contribution in [2.45, 2.75) is 44.9 Å². The van der Waals surface area contributed by atoms with Crippen LogP contribution < -0.4 is 29.6 Å². The summed E-state index contributed by atoms with van der Waals surface area (Å²) in [7, 11) is 4.95. The van der Waals surface area contributed by atoms with Gasteiger partial charge in [-0.15, -0.1) is 0 Å². The van der Waals surface area contributed by atoms with Crippen molar-refractivity contribution in [3.63, 3.8) is 0 Å². The molecule has 3 aliphatic heterocycles. The second-order valence-corrected chi connectivity index (χ2v) is 11.6. The highest BCUT2D eigenvalue weighted by Crippen LogP contribution is 2.30. The van der Waals surface area contributed by atoms with Gasteiger partial charge >= 0.3 is 0 Å². The number of methoxy groups -OCH3 is 2. The number of ether oxygens (including phenoxy) is 4. The Bertz CT molecular complexity index is 1820. The first kappa shape index (κ1) is 31.6. The van der Waals surface area contributed by atoms with Gasteiger partial charge in [-0.05, 0) is 49.2 Å². The number of benzene rings is 2. The van der Waals surface area contributed by atoms with Gasteiger partial charge in [-0.3, -0.25) is 14.4 Å². The molecule has 0 saturated carbocycles. The van der Waals surface area contributed by atoms with Crippen LogP contribution in [-0.4, -0.2) is 83.2 Å². The molecule has 5 heterocycles. The monoisotopic (exact) mass is 642 g/mol. The maximum atomic E-state index is 13.9. The molecule has 2 N–H and O–H groups in total. The van der Waals surface area contributed by atoms with Crippen LogP contribution in [0, 0.1) is 6.92 Å². The van der Waals surface area contributed by atoms with Gasteiger partial charge in [0.2, 0.25) is 5.91 Å². The van der Waals surface area contributed by atoms with Crippen molar-refractivity contribution in [1.29, 1.82) is 0 Å². The van der Waals surface area contributed by atoms with Crippen molar-refractivity contribution in [1.82, 2.24) is 30.1 Å². The van der Waals surface area contributed by atoms with Crippen molar-refractivity contribution in [2.24, 2.45) is 7.05 Å². The lowest BCUT2D eigenvalue weighted by Gasteiger charge is -2.39. The van der Waals surface area contributed by atoms with Crippen molar-refractivity contribution < 1.29 is 33.3 Å². The summed E-state index contributed by atoms with van der Waals surface area (Å²) in [5, 5.41) is 6.01. The zero-order valence-corrected chi connectivity index (χ0v) is 26.9. The number of aryl methyl sites for hydroxylation is 3. The number of nitrogens with zero attached hydrogens (tertiary/aromatic N) is 4. The number of piperidine rings is 1. The van der Waals surface area contributed by atoms with Crippen molar-refractivity contribution in [2.75, 3.05) is 33.9 Å². The van der Waals surface area contributed by atoms with Crippen LogP contribution in [0.1, 0.15) is 40.2 Å². The molecule has 4 bridgehead atoms. The van der Waals surface area contributed by atoms with Gasteiger partial charge in [-0.1, -0.05) is 6.07 Å². The standard InChI is InChI=1S/C34H38N6O7/c1-20-37-32-24(11-13-35-33(32)39(20)2)34(43)40-14-12-26-25(18-40)38-31(42)19-46-29-15-21(5-9-27(29)44-3)6-10-30(41)36-17-22-7-8-23(47-26)16-28(22)45-4/h5,7-9,11,13,15-16,25-26H,6,10,12,14,17-19H2,1-4H3,(H,36,41)(H,38,42)/t25-,26+/m1/s1. The average molecular weight is 643 g/mol. The lowest BCUT2D eigenvalue weighted by atomic mass is 10.0. The lowest BCUT2D eigenvalue weighted by Crippen LogP contribution is -2.58. The summed E-state index contributed by atoms with van der Waals surface area (Å²) in [5.74, 6) is 2.00. The molecule has 1 fully saturated rings. The highest BCUT2D eigenvalue weighted by atomic mass is 16.5. The second kappa shape index (κ2) is 13.6. The van der Waals surface area contributed by atoms with Crippen LogP contribution in [-0.2, 0) is 29.6 Å². The van der Waals surface area contributed by atoms with Gasteiger partial charge in [0, 0.05) is 57.4 Å². The predicted molar refractivity (Wildman–Crippen MR) is 172 cm³/mol. The third-order valence-electron chi connectivity index (χ3n) is 8.64. The van der Waals surface area contributed by atoms with Gasteiger partial charge in [-0.2, -0.15) is 0 Å². The van der Waals surface area contributed by atoms with Crippen LogP contribution in [0.15, 0.2) is 48.7 Å². The molecular formula is C34H38N6O7. The van der Waals surface area contributed by atoms with Gasteiger partial charge in [0.05, 0.1) is 25.8 Å². The number of pyridine rings is 1. The molecule has 7 rings (SSSR count). The number of rotatable bonds is 3. The molecule has 2 aromatic heterocycles. The van der Waals surface area contributed by atoms with Crippen LogP contribution >= 0.6 is 0 Å².